The minimum atomic E-state index is -4.28. The molecule has 3 rings (SSSR count). The van der Waals surface area contributed by atoms with Gasteiger partial charge in [-0.05, 0) is 30.0 Å². The predicted molar refractivity (Wildman–Crippen MR) is 85.0 cm³/mol. The van der Waals surface area contributed by atoms with Gasteiger partial charge in [0.05, 0.1) is 0 Å². The Bertz CT molecular complexity index is 700. The van der Waals surface area contributed by atoms with Gasteiger partial charge in [-0.2, -0.15) is 0 Å². The van der Waals surface area contributed by atoms with Gasteiger partial charge in [0.15, 0.2) is 5.44 Å². The molecule has 116 valence electrons. The lowest BCUT2D eigenvalue weighted by molar-refractivity contribution is 0.385. The molecule has 1 aliphatic rings. The zero-order valence-electron chi connectivity index (χ0n) is 12.1. The number of rotatable bonds is 4. The standard InChI is InChI=1S/C16H19N2O3P/c19-22(20,21)16-9-7-13-11-17-14(10-15(13)18-16)8-6-12-4-2-1-3-5-12/h1-5,7,9,14,17H,6,8,10-11H2,(H2,19,20,21). The fourth-order valence-electron chi connectivity index (χ4n) is 2.77. The molecular formula is C16H19N2O3P. The van der Waals surface area contributed by atoms with E-state index >= 15 is 0 Å². The van der Waals surface area contributed by atoms with Crippen LogP contribution in [0.15, 0.2) is 42.5 Å². The van der Waals surface area contributed by atoms with Gasteiger partial charge >= 0.3 is 7.60 Å². The Morgan fingerprint density at radius 2 is 1.95 bits per heavy atom. The number of fused-ring (bicyclic) bond motifs is 1. The van der Waals surface area contributed by atoms with Crippen molar-refractivity contribution in [1.29, 1.82) is 0 Å². The van der Waals surface area contributed by atoms with E-state index in [9.17, 15) is 14.4 Å². The van der Waals surface area contributed by atoms with Crippen LogP contribution in [0.3, 0.4) is 0 Å². The fourth-order valence-corrected chi connectivity index (χ4v) is 3.29. The summed E-state index contributed by atoms with van der Waals surface area (Å²) in [5.74, 6) is 0. The van der Waals surface area contributed by atoms with Crippen LogP contribution in [0.1, 0.15) is 23.2 Å². The quantitative estimate of drug-likeness (QED) is 0.745. The average molecular weight is 318 g/mol. The molecule has 0 saturated carbocycles. The number of hydrogen-bond donors (Lipinski definition) is 3. The van der Waals surface area contributed by atoms with Crippen molar-refractivity contribution < 1.29 is 14.4 Å². The van der Waals surface area contributed by atoms with E-state index in [1.807, 2.05) is 18.2 Å². The number of nitrogens with one attached hydrogen (secondary N) is 1. The van der Waals surface area contributed by atoms with Crippen LogP contribution in [-0.2, 0) is 24.0 Å². The highest BCUT2D eigenvalue weighted by molar-refractivity contribution is 7.60. The van der Waals surface area contributed by atoms with Crippen LogP contribution in [0.5, 0.6) is 0 Å². The molecule has 22 heavy (non-hydrogen) atoms. The van der Waals surface area contributed by atoms with Crippen molar-refractivity contribution in [2.45, 2.75) is 31.8 Å². The first-order valence-corrected chi connectivity index (χ1v) is 8.96. The van der Waals surface area contributed by atoms with Gasteiger partial charge in [-0.3, -0.25) is 4.57 Å². The van der Waals surface area contributed by atoms with E-state index in [0.29, 0.717) is 13.0 Å². The van der Waals surface area contributed by atoms with E-state index < -0.39 is 7.60 Å². The largest absolute Gasteiger partial charge is 0.374 e. The summed E-state index contributed by atoms with van der Waals surface area (Å²) < 4.78 is 11.3. The molecule has 0 fully saturated rings. The Morgan fingerprint density at radius 1 is 1.18 bits per heavy atom. The lowest BCUT2D eigenvalue weighted by Crippen LogP contribution is -2.37. The number of nitrogens with zero attached hydrogens (tertiary/aromatic N) is 1. The van der Waals surface area contributed by atoms with E-state index in [1.54, 1.807) is 6.07 Å². The molecule has 0 bridgehead atoms. The Balaban J connectivity index is 1.69. The molecule has 2 heterocycles. The molecule has 6 heteroatoms. The Labute approximate surface area is 129 Å². The maximum Gasteiger partial charge on any atom is 0.374 e. The average Bonchev–Trinajstić information content (AvgIpc) is 2.52. The third-order valence-electron chi connectivity index (χ3n) is 4.00. The van der Waals surface area contributed by atoms with Gasteiger partial charge in [-0.1, -0.05) is 36.4 Å². The van der Waals surface area contributed by atoms with Gasteiger partial charge in [0, 0.05) is 24.7 Å². The maximum absolute atomic E-state index is 11.3. The van der Waals surface area contributed by atoms with Crippen molar-refractivity contribution in [2.75, 3.05) is 0 Å². The highest BCUT2D eigenvalue weighted by Gasteiger charge is 2.24. The highest BCUT2D eigenvalue weighted by Crippen LogP contribution is 2.32. The number of hydrogen-bond acceptors (Lipinski definition) is 3. The van der Waals surface area contributed by atoms with Crippen molar-refractivity contribution in [3.8, 4) is 0 Å². The first kappa shape index (κ1) is 15.4. The second-order valence-electron chi connectivity index (χ2n) is 5.63. The summed E-state index contributed by atoms with van der Waals surface area (Å²) in [5.41, 5.74) is 2.99. The minimum absolute atomic E-state index is 0.130. The van der Waals surface area contributed by atoms with E-state index in [-0.39, 0.29) is 11.5 Å². The van der Waals surface area contributed by atoms with Crippen molar-refractivity contribution in [3.63, 3.8) is 0 Å². The predicted octanol–water partition coefficient (Wildman–Crippen LogP) is 1.53. The van der Waals surface area contributed by atoms with E-state index in [1.165, 1.54) is 11.6 Å². The van der Waals surface area contributed by atoms with Crippen LogP contribution in [0.2, 0.25) is 0 Å². The normalized spacial score (nSPS) is 18.0. The van der Waals surface area contributed by atoms with Gasteiger partial charge in [-0.15, -0.1) is 0 Å². The van der Waals surface area contributed by atoms with Crippen molar-refractivity contribution >= 4 is 13.0 Å². The first-order valence-electron chi connectivity index (χ1n) is 7.34. The molecule has 0 saturated heterocycles. The van der Waals surface area contributed by atoms with E-state index in [2.05, 4.69) is 22.4 Å². The zero-order chi connectivity index (χ0) is 15.6. The Morgan fingerprint density at radius 3 is 2.68 bits per heavy atom. The Hall–Kier alpha value is -1.52. The second-order valence-corrected chi connectivity index (χ2v) is 7.17. The van der Waals surface area contributed by atoms with E-state index in [4.69, 9.17) is 0 Å². The number of benzene rings is 1. The van der Waals surface area contributed by atoms with Crippen LogP contribution in [0.4, 0.5) is 0 Å². The summed E-state index contributed by atoms with van der Waals surface area (Å²) in [4.78, 5) is 22.7. The van der Waals surface area contributed by atoms with Gasteiger partial charge in [-0.25, -0.2) is 4.98 Å². The summed E-state index contributed by atoms with van der Waals surface area (Å²) in [7, 11) is -4.28. The molecular weight excluding hydrogens is 299 g/mol. The third kappa shape index (κ3) is 3.62. The lowest BCUT2D eigenvalue weighted by Gasteiger charge is -2.26. The smallest absolute Gasteiger partial charge is 0.320 e. The van der Waals surface area contributed by atoms with E-state index in [0.717, 1.165) is 24.1 Å². The third-order valence-corrected chi connectivity index (χ3v) is 4.84. The molecule has 1 aliphatic heterocycles. The zero-order valence-corrected chi connectivity index (χ0v) is 13.0. The minimum Gasteiger partial charge on any atom is -0.320 e. The summed E-state index contributed by atoms with van der Waals surface area (Å²) in [6.45, 7) is 0.698. The van der Waals surface area contributed by atoms with Crippen LogP contribution in [-0.4, -0.2) is 20.8 Å². The van der Waals surface area contributed by atoms with Crippen LogP contribution >= 0.6 is 7.60 Å². The molecule has 5 nitrogen and oxygen atoms in total. The second kappa shape index (κ2) is 6.31. The maximum atomic E-state index is 11.3. The summed E-state index contributed by atoms with van der Waals surface area (Å²) in [6.07, 6.45) is 2.66. The highest BCUT2D eigenvalue weighted by atomic mass is 31.2. The molecule has 1 aromatic heterocycles. The molecule has 3 N–H and O–H groups in total. The van der Waals surface area contributed by atoms with Crippen LogP contribution < -0.4 is 10.8 Å². The Kier molecular flexibility index (Phi) is 4.41. The van der Waals surface area contributed by atoms with Gasteiger partial charge in [0.25, 0.3) is 0 Å². The fraction of sp³-hybridized carbons (Fsp3) is 0.312. The number of aryl methyl sites for hydroxylation is 1. The van der Waals surface area contributed by atoms with Gasteiger partial charge in [0.2, 0.25) is 0 Å². The van der Waals surface area contributed by atoms with Crippen molar-refractivity contribution in [3.05, 3.63) is 59.3 Å². The molecule has 1 unspecified atom stereocenters. The number of aromatic nitrogens is 1. The molecule has 0 spiro atoms. The first-order chi connectivity index (χ1) is 10.5. The molecule has 0 aliphatic carbocycles. The molecule has 0 radical (unpaired) electrons. The summed E-state index contributed by atoms with van der Waals surface area (Å²) in [6, 6.07) is 13.8. The summed E-state index contributed by atoms with van der Waals surface area (Å²) in [5, 5.41) is 3.47. The monoisotopic (exact) mass is 318 g/mol. The van der Waals surface area contributed by atoms with Gasteiger partial charge in [0.1, 0.15) is 0 Å². The lowest BCUT2D eigenvalue weighted by atomic mass is 9.96. The molecule has 0 amide bonds. The number of pyridine rings is 1. The van der Waals surface area contributed by atoms with Crippen molar-refractivity contribution in [2.24, 2.45) is 0 Å². The topological polar surface area (TPSA) is 82.5 Å². The molecule has 1 aromatic carbocycles. The van der Waals surface area contributed by atoms with Crippen LogP contribution in [0.25, 0.3) is 0 Å². The molecule has 1 atom stereocenters. The summed E-state index contributed by atoms with van der Waals surface area (Å²) >= 11 is 0. The molecule has 2 aromatic rings. The van der Waals surface area contributed by atoms with Crippen molar-refractivity contribution in [1.82, 2.24) is 10.3 Å². The SMILES string of the molecule is O=P(O)(O)c1ccc2c(n1)CC(CCc1ccccc1)NC2. The van der Waals surface area contributed by atoms with Crippen LogP contribution in [0, 0.1) is 0 Å². The van der Waals surface area contributed by atoms with Gasteiger partial charge < -0.3 is 15.1 Å².